The molecule has 1 aromatic carbocycles. The van der Waals surface area contributed by atoms with Crippen molar-refractivity contribution in [1.82, 2.24) is 0 Å². The van der Waals surface area contributed by atoms with Gasteiger partial charge in [-0.3, -0.25) is 0 Å². The second-order valence-corrected chi connectivity index (χ2v) is 8.94. The Bertz CT molecular complexity index is 890. The summed E-state index contributed by atoms with van der Waals surface area (Å²) in [5, 5.41) is 8.51. The number of sulfone groups is 1. The molecule has 1 aliphatic heterocycles. The average Bonchev–Trinajstić information content (AvgIpc) is 2.33. The first-order chi connectivity index (χ1) is 10.6. The highest BCUT2D eigenvalue weighted by molar-refractivity contribution is 7.92. The number of allylic oxidation sites excluding steroid dienone is 3. The highest BCUT2D eigenvalue weighted by atomic mass is 32.2. The zero-order valence-electron chi connectivity index (χ0n) is 13.7. The quantitative estimate of drug-likeness (QED) is 0.858. The second-order valence-electron chi connectivity index (χ2n) is 6.97. The summed E-state index contributed by atoms with van der Waals surface area (Å²) >= 11 is 0. The van der Waals surface area contributed by atoms with Gasteiger partial charge in [-0.1, -0.05) is 36.3 Å². The number of rotatable bonds is 1. The molecular formula is C18H20O4S. The van der Waals surface area contributed by atoms with Crippen LogP contribution in [0.2, 0.25) is 0 Å². The van der Waals surface area contributed by atoms with Crippen molar-refractivity contribution in [3.05, 3.63) is 52.1 Å². The molecule has 0 saturated heterocycles. The van der Waals surface area contributed by atoms with Gasteiger partial charge in [0.1, 0.15) is 5.25 Å². The van der Waals surface area contributed by atoms with Gasteiger partial charge < -0.3 is 5.11 Å². The summed E-state index contributed by atoms with van der Waals surface area (Å²) < 4.78 is 26.5. The summed E-state index contributed by atoms with van der Waals surface area (Å²) in [5.74, 6) is -1.16. The standard InChI is InChI=1S/C18H20O4S/c1-10-5-12(3)15-13(6-10)9-18(4)8-11(2)7-14(17(19)20)16(18)23(15,21)22/h5-8,16H,9H2,1-4H3,(H,19,20)/t16-,18+/m0/s1. The second kappa shape index (κ2) is 4.81. The van der Waals surface area contributed by atoms with E-state index in [9.17, 15) is 18.3 Å². The number of hydrogen-bond acceptors (Lipinski definition) is 3. The molecule has 0 aromatic heterocycles. The van der Waals surface area contributed by atoms with Crippen LogP contribution in [0.15, 0.2) is 40.3 Å². The van der Waals surface area contributed by atoms with Crippen molar-refractivity contribution >= 4 is 15.8 Å². The maximum atomic E-state index is 13.3. The maximum Gasteiger partial charge on any atom is 0.332 e. The van der Waals surface area contributed by atoms with Crippen LogP contribution in [0.3, 0.4) is 0 Å². The Balaban J connectivity index is 2.36. The maximum absolute atomic E-state index is 13.3. The molecule has 2 aliphatic rings. The Morgan fingerprint density at radius 3 is 2.52 bits per heavy atom. The van der Waals surface area contributed by atoms with Crippen LogP contribution in [0.1, 0.15) is 30.5 Å². The van der Waals surface area contributed by atoms with Gasteiger partial charge in [-0.05, 0) is 44.4 Å². The minimum absolute atomic E-state index is 0.0295. The van der Waals surface area contributed by atoms with E-state index in [4.69, 9.17) is 0 Å². The predicted octanol–water partition coefficient (Wildman–Crippen LogP) is 2.98. The third-order valence-corrected chi connectivity index (χ3v) is 7.30. The molecule has 1 aromatic rings. The number of benzene rings is 1. The molecular weight excluding hydrogens is 312 g/mol. The first-order valence-electron chi connectivity index (χ1n) is 7.54. The SMILES string of the molecule is CC1=C[C@]2(C)Cc3cc(C)cc(C)c3S(=O)(=O)[C@H]2C(C(=O)O)=C1. The zero-order chi connectivity index (χ0) is 17.2. The number of aliphatic carboxylic acids is 1. The van der Waals surface area contributed by atoms with Crippen molar-refractivity contribution in [1.29, 1.82) is 0 Å². The molecule has 0 radical (unpaired) electrons. The lowest BCUT2D eigenvalue weighted by atomic mass is 9.72. The summed E-state index contributed by atoms with van der Waals surface area (Å²) in [6, 6.07) is 3.75. The van der Waals surface area contributed by atoms with Crippen molar-refractivity contribution in [3.8, 4) is 0 Å². The fraction of sp³-hybridized carbons (Fsp3) is 0.389. The van der Waals surface area contributed by atoms with Gasteiger partial charge in [0.25, 0.3) is 0 Å². The molecule has 1 heterocycles. The van der Waals surface area contributed by atoms with Gasteiger partial charge in [-0.2, -0.15) is 0 Å². The largest absolute Gasteiger partial charge is 0.478 e. The molecule has 23 heavy (non-hydrogen) atoms. The van der Waals surface area contributed by atoms with Crippen molar-refractivity contribution in [2.75, 3.05) is 0 Å². The van der Waals surface area contributed by atoms with Gasteiger partial charge in [0.15, 0.2) is 9.84 Å². The smallest absolute Gasteiger partial charge is 0.332 e. The van der Waals surface area contributed by atoms with Gasteiger partial charge in [0.2, 0.25) is 0 Å². The minimum Gasteiger partial charge on any atom is -0.478 e. The normalized spacial score (nSPS) is 28.3. The summed E-state index contributed by atoms with van der Waals surface area (Å²) in [6.07, 6.45) is 3.92. The topological polar surface area (TPSA) is 71.4 Å². The van der Waals surface area contributed by atoms with Gasteiger partial charge in [-0.25, -0.2) is 13.2 Å². The zero-order valence-corrected chi connectivity index (χ0v) is 14.5. The fourth-order valence-corrected chi connectivity index (χ4v) is 6.87. The number of fused-ring (bicyclic) bond motifs is 2. The van der Waals surface area contributed by atoms with Crippen LogP contribution in [-0.2, 0) is 21.1 Å². The van der Waals surface area contributed by atoms with Crippen LogP contribution in [0.25, 0.3) is 0 Å². The molecule has 0 amide bonds. The summed E-state index contributed by atoms with van der Waals surface area (Å²) in [6.45, 7) is 7.38. The number of carboxylic acids is 1. The molecule has 0 saturated carbocycles. The summed E-state index contributed by atoms with van der Waals surface area (Å²) in [7, 11) is -3.76. The third kappa shape index (κ3) is 2.26. The van der Waals surface area contributed by atoms with E-state index in [0.717, 1.165) is 16.7 Å². The summed E-state index contributed by atoms with van der Waals surface area (Å²) in [4.78, 5) is 12.0. The van der Waals surface area contributed by atoms with Crippen molar-refractivity contribution in [2.45, 2.75) is 44.3 Å². The van der Waals surface area contributed by atoms with Crippen LogP contribution in [0, 0.1) is 19.3 Å². The first-order valence-corrected chi connectivity index (χ1v) is 9.09. The fourth-order valence-electron chi connectivity index (χ4n) is 4.26. The Morgan fingerprint density at radius 1 is 1.26 bits per heavy atom. The van der Waals surface area contributed by atoms with Crippen LogP contribution in [0.5, 0.6) is 0 Å². The minimum atomic E-state index is -3.76. The van der Waals surface area contributed by atoms with Gasteiger partial charge in [-0.15, -0.1) is 0 Å². The highest BCUT2D eigenvalue weighted by Crippen LogP contribution is 2.49. The monoisotopic (exact) mass is 332 g/mol. The van der Waals surface area contributed by atoms with Crippen LogP contribution in [-0.4, -0.2) is 24.7 Å². The number of carboxylic acid groups (broad SMARTS) is 1. The molecule has 0 unspecified atom stereocenters. The van der Waals surface area contributed by atoms with E-state index in [1.165, 1.54) is 6.08 Å². The van der Waals surface area contributed by atoms with Crippen molar-refractivity contribution < 1.29 is 18.3 Å². The molecule has 2 atom stereocenters. The van der Waals surface area contributed by atoms with Crippen LogP contribution >= 0.6 is 0 Å². The molecule has 0 fully saturated rings. The molecule has 122 valence electrons. The predicted molar refractivity (Wildman–Crippen MR) is 88.2 cm³/mol. The van der Waals surface area contributed by atoms with Crippen LogP contribution < -0.4 is 0 Å². The average molecular weight is 332 g/mol. The Kier molecular flexibility index (Phi) is 3.34. The Labute approximate surface area is 136 Å². The number of aryl methyl sites for hydroxylation is 2. The molecule has 1 aliphatic carbocycles. The van der Waals surface area contributed by atoms with E-state index < -0.39 is 26.5 Å². The Morgan fingerprint density at radius 2 is 1.91 bits per heavy atom. The lowest BCUT2D eigenvalue weighted by Crippen LogP contribution is -2.47. The lowest BCUT2D eigenvalue weighted by Gasteiger charge is -2.42. The highest BCUT2D eigenvalue weighted by Gasteiger charge is 2.52. The molecule has 5 heteroatoms. The van der Waals surface area contributed by atoms with Crippen LogP contribution in [0.4, 0.5) is 0 Å². The first kappa shape index (κ1) is 16.0. The summed E-state index contributed by atoms with van der Waals surface area (Å²) in [5.41, 5.74) is 2.53. The molecule has 1 N–H and O–H groups in total. The van der Waals surface area contributed by atoms with E-state index in [1.54, 1.807) is 6.92 Å². The van der Waals surface area contributed by atoms with E-state index in [-0.39, 0.29) is 5.57 Å². The van der Waals surface area contributed by atoms with Gasteiger partial charge in [0, 0.05) is 5.41 Å². The lowest BCUT2D eigenvalue weighted by molar-refractivity contribution is -0.133. The number of hydrogen-bond donors (Lipinski definition) is 1. The van der Waals surface area contributed by atoms with Crippen molar-refractivity contribution in [3.63, 3.8) is 0 Å². The van der Waals surface area contributed by atoms with Gasteiger partial charge >= 0.3 is 5.97 Å². The van der Waals surface area contributed by atoms with E-state index in [2.05, 4.69) is 0 Å². The third-order valence-electron chi connectivity index (χ3n) is 4.73. The molecule has 3 rings (SSSR count). The van der Waals surface area contributed by atoms with E-state index >= 15 is 0 Å². The van der Waals surface area contributed by atoms with E-state index in [0.29, 0.717) is 16.9 Å². The molecule has 4 nitrogen and oxygen atoms in total. The van der Waals surface area contributed by atoms with Crippen molar-refractivity contribution in [2.24, 2.45) is 5.41 Å². The Hall–Kier alpha value is -1.88. The van der Waals surface area contributed by atoms with E-state index in [1.807, 2.05) is 39.0 Å². The van der Waals surface area contributed by atoms with Gasteiger partial charge in [0.05, 0.1) is 10.5 Å². The molecule has 0 spiro atoms. The molecule has 0 bridgehead atoms. The number of carbonyl (C=O) groups is 1.